The van der Waals surface area contributed by atoms with Crippen molar-refractivity contribution in [1.82, 2.24) is 4.90 Å². The minimum Gasteiger partial charge on any atom is -0.497 e. The highest BCUT2D eigenvalue weighted by Crippen LogP contribution is 2.38. The first-order valence-electron chi connectivity index (χ1n) is 8.83. The lowest BCUT2D eigenvalue weighted by molar-refractivity contribution is -0.0107. The van der Waals surface area contributed by atoms with E-state index in [0.29, 0.717) is 0 Å². The predicted octanol–water partition coefficient (Wildman–Crippen LogP) is 3.02. The lowest BCUT2D eigenvalue weighted by atomic mass is 9.78. The van der Waals surface area contributed by atoms with Crippen molar-refractivity contribution in [3.63, 3.8) is 0 Å². The van der Waals surface area contributed by atoms with E-state index in [1.165, 1.54) is 0 Å². The summed E-state index contributed by atoms with van der Waals surface area (Å²) in [6.45, 7) is 6.03. The zero-order valence-corrected chi connectivity index (χ0v) is 15.0. The fraction of sp³-hybridized carbons (Fsp3) is 0.429. The molecule has 4 nitrogen and oxygen atoms in total. The Morgan fingerprint density at radius 1 is 1.08 bits per heavy atom. The van der Waals surface area contributed by atoms with Gasteiger partial charge in [0.2, 0.25) is 0 Å². The maximum absolute atomic E-state index is 11.5. The third-order valence-electron chi connectivity index (χ3n) is 5.10. The Morgan fingerprint density at radius 2 is 1.72 bits per heavy atom. The molecule has 4 heteroatoms. The highest BCUT2D eigenvalue weighted by Gasteiger charge is 2.36. The van der Waals surface area contributed by atoms with Gasteiger partial charge in [0.1, 0.15) is 5.75 Å². The van der Waals surface area contributed by atoms with Crippen LogP contribution in [0.3, 0.4) is 0 Å². The molecule has 1 saturated heterocycles. The Morgan fingerprint density at radius 3 is 2.32 bits per heavy atom. The minimum absolute atomic E-state index is 0.0276. The van der Waals surface area contributed by atoms with Gasteiger partial charge in [0.05, 0.1) is 25.9 Å². The van der Waals surface area contributed by atoms with Gasteiger partial charge < -0.3 is 14.6 Å². The van der Waals surface area contributed by atoms with Crippen LogP contribution in [0.4, 0.5) is 0 Å². The topological polar surface area (TPSA) is 41.9 Å². The van der Waals surface area contributed by atoms with Crippen molar-refractivity contribution in [1.29, 1.82) is 0 Å². The van der Waals surface area contributed by atoms with Gasteiger partial charge in [0.15, 0.2) is 0 Å². The molecule has 3 rings (SSSR count). The number of hydrogen-bond donors (Lipinski definition) is 1. The number of methoxy groups -OCH3 is 1. The third-order valence-corrected chi connectivity index (χ3v) is 5.10. The molecule has 0 saturated carbocycles. The second kappa shape index (κ2) is 8.00. The molecule has 0 unspecified atom stereocenters. The van der Waals surface area contributed by atoms with Crippen LogP contribution in [0.25, 0.3) is 0 Å². The zero-order valence-electron chi connectivity index (χ0n) is 15.0. The molecule has 0 aromatic heterocycles. The van der Waals surface area contributed by atoms with Crippen LogP contribution in [0.15, 0.2) is 54.6 Å². The number of hydrogen-bond acceptors (Lipinski definition) is 4. The standard InChI is InChI=1S/C21H27NO3/c1-21(23,18-8-10-19(24-2)11-9-18)20(17-6-4-3-5-7-17)16-22-12-14-25-15-13-22/h3-11,20,23H,12-16H2,1-2H3/t20-,21-/m1/s1. The Labute approximate surface area is 150 Å². The van der Waals surface area contributed by atoms with Crippen molar-refractivity contribution in [2.45, 2.75) is 18.4 Å². The van der Waals surface area contributed by atoms with Crippen LogP contribution < -0.4 is 4.74 Å². The average molecular weight is 341 g/mol. The fourth-order valence-corrected chi connectivity index (χ4v) is 3.46. The van der Waals surface area contributed by atoms with Crippen molar-refractivity contribution in [3.05, 3.63) is 65.7 Å². The predicted molar refractivity (Wildman–Crippen MR) is 99.0 cm³/mol. The molecule has 1 N–H and O–H groups in total. The molecule has 134 valence electrons. The maximum Gasteiger partial charge on any atom is 0.118 e. The molecular formula is C21H27NO3. The molecule has 2 atom stereocenters. The van der Waals surface area contributed by atoms with Gasteiger partial charge in [-0.15, -0.1) is 0 Å². The minimum atomic E-state index is -0.980. The van der Waals surface area contributed by atoms with Crippen LogP contribution in [0.5, 0.6) is 5.75 Å². The van der Waals surface area contributed by atoms with Crippen LogP contribution in [0.1, 0.15) is 24.0 Å². The van der Waals surface area contributed by atoms with E-state index in [1.54, 1.807) is 7.11 Å². The molecule has 0 radical (unpaired) electrons. The summed E-state index contributed by atoms with van der Waals surface area (Å²) in [6.07, 6.45) is 0. The van der Waals surface area contributed by atoms with Crippen molar-refractivity contribution in [2.24, 2.45) is 0 Å². The molecule has 1 fully saturated rings. The third kappa shape index (κ3) is 4.21. The van der Waals surface area contributed by atoms with Crippen LogP contribution >= 0.6 is 0 Å². The van der Waals surface area contributed by atoms with E-state index in [0.717, 1.165) is 49.7 Å². The van der Waals surface area contributed by atoms with Crippen molar-refractivity contribution >= 4 is 0 Å². The largest absolute Gasteiger partial charge is 0.497 e. The Kier molecular flexibility index (Phi) is 5.74. The average Bonchev–Trinajstić information content (AvgIpc) is 2.67. The van der Waals surface area contributed by atoms with Crippen LogP contribution in [-0.2, 0) is 10.3 Å². The first-order valence-corrected chi connectivity index (χ1v) is 8.83. The van der Waals surface area contributed by atoms with Crippen LogP contribution in [0, 0.1) is 0 Å². The normalized spacial score (nSPS) is 19.2. The smallest absolute Gasteiger partial charge is 0.118 e. The molecule has 0 spiro atoms. The van der Waals surface area contributed by atoms with Crippen LogP contribution in [-0.4, -0.2) is 50.0 Å². The lowest BCUT2D eigenvalue weighted by Crippen LogP contribution is -2.43. The molecule has 25 heavy (non-hydrogen) atoms. The summed E-state index contributed by atoms with van der Waals surface area (Å²) >= 11 is 0. The maximum atomic E-state index is 11.5. The molecule has 0 bridgehead atoms. The number of rotatable bonds is 6. The number of morpholine rings is 1. The van der Waals surface area contributed by atoms with Crippen molar-refractivity contribution in [3.8, 4) is 5.75 Å². The second-order valence-corrected chi connectivity index (χ2v) is 6.75. The second-order valence-electron chi connectivity index (χ2n) is 6.75. The summed E-state index contributed by atoms with van der Waals surface area (Å²) in [5.74, 6) is 0.768. The fourth-order valence-electron chi connectivity index (χ4n) is 3.46. The van der Waals surface area contributed by atoms with Gasteiger partial charge in [-0.25, -0.2) is 0 Å². The Hall–Kier alpha value is -1.88. The van der Waals surface area contributed by atoms with Gasteiger partial charge in [-0.2, -0.15) is 0 Å². The van der Waals surface area contributed by atoms with E-state index in [2.05, 4.69) is 17.0 Å². The first-order chi connectivity index (χ1) is 12.1. The van der Waals surface area contributed by atoms with E-state index in [-0.39, 0.29) is 5.92 Å². The monoisotopic (exact) mass is 341 g/mol. The number of nitrogens with zero attached hydrogens (tertiary/aromatic N) is 1. The first kappa shape index (κ1) is 17.9. The quantitative estimate of drug-likeness (QED) is 0.877. The Bertz CT molecular complexity index is 649. The summed E-state index contributed by atoms with van der Waals surface area (Å²) in [5.41, 5.74) is 1.07. The number of aliphatic hydroxyl groups is 1. The van der Waals surface area contributed by atoms with Crippen LogP contribution in [0.2, 0.25) is 0 Å². The summed E-state index contributed by atoms with van der Waals surface area (Å²) in [6, 6.07) is 18.0. The molecule has 1 heterocycles. The van der Waals surface area contributed by atoms with Gasteiger partial charge in [-0.3, -0.25) is 4.90 Å². The van der Waals surface area contributed by atoms with Gasteiger partial charge >= 0.3 is 0 Å². The lowest BCUT2D eigenvalue weighted by Gasteiger charge is -2.38. The molecule has 1 aliphatic rings. The van der Waals surface area contributed by atoms with E-state index >= 15 is 0 Å². The van der Waals surface area contributed by atoms with E-state index < -0.39 is 5.60 Å². The van der Waals surface area contributed by atoms with Gasteiger partial charge in [-0.1, -0.05) is 42.5 Å². The van der Waals surface area contributed by atoms with Crippen molar-refractivity contribution in [2.75, 3.05) is 40.0 Å². The van der Waals surface area contributed by atoms with Gasteiger partial charge in [-0.05, 0) is 30.2 Å². The summed E-state index contributed by atoms with van der Waals surface area (Å²) < 4.78 is 10.7. The molecule has 2 aromatic carbocycles. The summed E-state index contributed by atoms with van der Waals surface area (Å²) in [7, 11) is 1.65. The zero-order chi connectivity index (χ0) is 17.7. The highest BCUT2D eigenvalue weighted by molar-refractivity contribution is 5.35. The SMILES string of the molecule is COc1ccc([C@@](C)(O)[C@H](CN2CCOCC2)c2ccccc2)cc1. The van der Waals surface area contributed by atoms with Crippen molar-refractivity contribution < 1.29 is 14.6 Å². The molecule has 1 aliphatic heterocycles. The van der Waals surface area contributed by atoms with E-state index in [1.807, 2.05) is 49.4 Å². The van der Waals surface area contributed by atoms with Gasteiger partial charge in [0.25, 0.3) is 0 Å². The number of ether oxygens (including phenoxy) is 2. The molecular weight excluding hydrogens is 314 g/mol. The number of benzene rings is 2. The Balaban J connectivity index is 1.90. The summed E-state index contributed by atoms with van der Waals surface area (Å²) in [5, 5.41) is 11.5. The molecule has 0 aliphatic carbocycles. The highest BCUT2D eigenvalue weighted by atomic mass is 16.5. The van der Waals surface area contributed by atoms with E-state index in [9.17, 15) is 5.11 Å². The van der Waals surface area contributed by atoms with Gasteiger partial charge in [0, 0.05) is 25.6 Å². The summed E-state index contributed by atoms with van der Waals surface area (Å²) in [4.78, 5) is 2.37. The molecule has 0 amide bonds. The van der Waals surface area contributed by atoms with E-state index in [4.69, 9.17) is 9.47 Å². The molecule has 2 aromatic rings.